The Hall–Kier alpha value is -11.4. The van der Waals surface area contributed by atoms with Crippen molar-refractivity contribution in [2.75, 3.05) is 4.90 Å². The Morgan fingerprint density at radius 2 is 0.785 bits per heavy atom. The van der Waals surface area contributed by atoms with E-state index in [0.717, 1.165) is 85.5 Å². The number of ether oxygens (including phenoxy) is 2. The van der Waals surface area contributed by atoms with Crippen molar-refractivity contribution in [2.24, 2.45) is 0 Å². The van der Waals surface area contributed by atoms with Crippen molar-refractivity contribution in [1.29, 1.82) is 0 Å². The zero-order valence-corrected chi connectivity index (χ0v) is 50.0. The molecule has 3 aliphatic rings. The van der Waals surface area contributed by atoms with Crippen molar-refractivity contribution in [3.05, 3.63) is 382 Å². The van der Waals surface area contributed by atoms with E-state index in [9.17, 15) is 0 Å². The molecule has 0 spiro atoms. The van der Waals surface area contributed by atoms with Crippen molar-refractivity contribution in [2.45, 2.75) is 23.7 Å². The van der Waals surface area contributed by atoms with Crippen molar-refractivity contribution in [3.8, 4) is 56.4 Å². The van der Waals surface area contributed by atoms with Crippen LogP contribution in [0.2, 0.25) is 0 Å². The van der Waals surface area contributed by atoms with Crippen molar-refractivity contribution >= 4 is 34.8 Å². The van der Waals surface area contributed by atoms with Gasteiger partial charge in [-0.3, -0.25) is 0 Å². The molecule has 0 saturated heterocycles. The van der Waals surface area contributed by atoms with E-state index in [1.807, 2.05) is 194 Å². The molecular formula is C84H55F6NO2. The fraction of sp³-hybridized carbons (Fsp3) is 0.0476. The molecule has 0 fully saturated rings. The van der Waals surface area contributed by atoms with Crippen LogP contribution in [0, 0.1) is 34.9 Å². The van der Waals surface area contributed by atoms with Gasteiger partial charge in [0.15, 0.2) is 34.9 Å². The van der Waals surface area contributed by atoms with Gasteiger partial charge in [0.25, 0.3) is 0 Å². The van der Waals surface area contributed by atoms with E-state index in [0.29, 0.717) is 80.7 Å². The maximum Gasteiger partial charge on any atom is 0.194 e. The van der Waals surface area contributed by atoms with Crippen LogP contribution in [0.1, 0.15) is 68.5 Å². The van der Waals surface area contributed by atoms with Gasteiger partial charge in [0.05, 0.1) is 10.8 Å². The van der Waals surface area contributed by atoms with Crippen molar-refractivity contribution in [1.82, 2.24) is 0 Å². The number of rotatable bonds is 15. The van der Waals surface area contributed by atoms with Crippen LogP contribution in [-0.2, 0) is 10.8 Å². The molecule has 0 amide bonds. The van der Waals surface area contributed by atoms with Gasteiger partial charge in [-0.05, 0) is 222 Å². The number of benzene rings is 12. The van der Waals surface area contributed by atoms with Crippen LogP contribution in [-0.4, -0.2) is 0 Å². The maximum atomic E-state index is 16.3. The van der Waals surface area contributed by atoms with E-state index in [4.69, 9.17) is 9.47 Å². The van der Waals surface area contributed by atoms with Crippen LogP contribution in [0.5, 0.6) is 23.0 Å². The molecule has 93 heavy (non-hydrogen) atoms. The first kappa shape index (κ1) is 58.0. The van der Waals surface area contributed by atoms with E-state index in [2.05, 4.69) is 72.7 Å². The van der Waals surface area contributed by atoms with Gasteiger partial charge in [-0.15, -0.1) is 0 Å². The van der Waals surface area contributed by atoms with E-state index in [1.54, 1.807) is 12.2 Å². The molecule has 15 rings (SSSR count). The lowest BCUT2D eigenvalue weighted by Crippen LogP contribution is -2.30. The normalized spacial score (nSPS) is 15.8. The Morgan fingerprint density at radius 1 is 0.355 bits per heavy atom. The second kappa shape index (κ2) is 23.4. The topological polar surface area (TPSA) is 21.7 Å². The third-order valence-corrected chi connectivity index (χ3v) is 18.4. The van der Waals surface area contributed by atoms with Gasteiger partial charge in [0.1, 0.15) is 23.0 Å². The summed E-state index contributed by atoms with van der Waals surface area (Å²) in [5.74, 6) is -6.36. The molecule has 0 aromatic heterocycles. The molecule has 3 aliphatic carbocycles. The lowest BCUT2D eigenvalue weighted by Gasteiger charge is -2.37. The van der Waals surface area contributed by atoms with Crippen LogP contribution in [0.3, 0.4) is 0 Å². The summed E-state index contributed by atoms with van der Waals surface area (Å²) < 4.78 is 109. The van der Waals surface area contributed by atoms with E-state index < -0.39 is 45.7 Å². The molecule has 0 heterocycles. The number of fused-ring (bicyclic) bond motifs is 5. The average Bonchev–Trinajstić information content (AvgIpc) is 1.56. The Labute approximate surface area is 535 Å². The highest BCUT2D eigenvalue weighted by Gasteiger charge is 2.50. The standard InChI is InChI=1S/C84H55F6NO2/c1-3-52-25-35-63(36-26-52)92-65-39-29-56(30-40-65)83(58-46-77(85)81(89)78(86)47-58)73-23-12-10-21-69(73)71-43-33-61(50-75(71)83)91(60-18-14-17-55(45-60)68-20-9-8-19-67(68)54-15-6-5-7-16-54)62-34-44-72-70-22-11-13-24-74(70)84(76(72)51-62,59-48-79(87)82(90)80(88)49-59)57-31-41-66(42-32-57)93-64-37-27-53(4-2)28-38-64/h3-10,12-21,23-51H,1-2,11,22H2. The number of nitrogens with zero attached hydrogens (tertiary/aromatic N) is 1. The molecule has 2 atom stereocenters. The first-order valence-corrected chi connectivity index (χ1v) is 30.6. The minimum absolute atomic E-state index is 0.148. The minimum Gasteiger partial charge on any atom is -0.457 e. The third kappa shape index (κ3) is 9.78. The lowest BCUT2D eigenvalue weighted by atomic mass is 9.66. The predicted molar refractivity (Wildman–Crippen MR) is 360 cm³/mol. The first-order valence-electron chi connectivity index (χ1n) is 30.6. The molecule has 0 radical (unpaired) electrons. The number of anilines is 3. The monoisotopic (exact) mass is 1220 g/mol. The summed E-state index contributed by atoms with van der Waals surface area (Å²) >= 11 is 0. The van der Waals surface area contributed by atoms with Gasteiger partial charge in [-0.25, -0.2) is 26.3 Å². The average molecular weight is 1220 g/mol. The van der Waals surface area contributed by atoms with Crippen molar-refractivity contribution in [3.63, 3.8) is 0 Å². The van der Waals surface area contributed by atoms with Gasteiger partial charge in [0, 0.05) is 17.1 Å². The summed E-state index contributed by atoms with van der Waals surface area (Å²) in [4.78, 5) is 2.11. The molecular weight excluding hydrogens is 1170 g/mol. The van der Waals surface area contributed by atoms with Crippen LogP contribution < -0.4 is 14.4 Å². The number of hydrogen-bond donors (Lipinski definition) is 0. The van der Waals surface area contributed by atoms with Crippen LogP contribution in [0.25, 0.3) is 51.1 Å². The highest BCUT2D eigenvalue weighted by molar-refractivity contribution is 5.94. The summed E-state index contributed by atoms with van der Waals surface area (Å²) in [6.07, 6.45) is 8.87. The van der Waals surface area contributed by atoms with Gasteiger partial charge < -0.3 is 14.4 Å². The summed E-state index contributed by atoms with van der Waals surface area (Å²) in [6.45, 7) is 7.74. The fourth-order valence-electron chi connectivity index (χ4n) is 14.2. The van der Waals surface area contributed by atoms with Crippen LogP contribution >= 0.6 is 0 Å². The number of allylic oxidation sites excluding steroid dienone is 4. The SMILES string of the molecule is C=Cc1ccc(Oc2ccc(C3(c4cc(F)c(F)c(F)c4)C4=C(CCC=C4)c4ccc(N(c5cccc(-c6ccccc6-c6ccccc6)c5)c5ccc6c(c5)C(c5ccc(Oc7ccc(C=C)cc7)cc5)(c5cc(F)c(F)c(F)c5)c5ccccc5-6)cc43)cc2)cc1. The molecule has 12 aromatic rings. The molecule has 0 aliphatic heterocycles. The van der Waals surface area contributed by atoms with E-state index in [1.165, 1.54) is 0 Å². The van der Waals surface area contributed by atoms with Crippen LogP contribution in [0.15, 0.2) is 292 Å². The highest BCUT2D eigenvalue weighted by Crippen LogP contribution is 2.61. The first-order chi connectivity index (χ1) is 45.4. The van der Waals surface area contributed by atoms with Crippen LogP contribution in [0.4, 0.5) is 43.4 Å². The molecule has 0 bridgehead atoms. The number of hydrogen-bond acceptors (Lipinski definition) is 3. The largest absolute Gasteiger partial charge is 0.457 e. The smallest absolute Gasteiger partial charge is 0.194 e. The molecule has 3 nitrogen and oxygen atoms in total. The Balaban J connectivity index is 0.971. The second-order valence-corrected chi connectivity index (χ2v) is 23.4. The predicted octanol–water partition coefficient (Wildman–Crippen LogP) is 23.0. The zero-order valence-electron chi connectivity index (χ0n) is 50.0. The molecule has 12 aromatic carbocycles. The summed E-state index contributed by atoms with van der Waals surface area (Å²) in [7, 11) is 0. The van der Waals surface area contributed by atoms with Gasteiger partial charge in [-0.2, -0.15) is 0 Å². The Bertz CT molecular complexity index is 4970. The minimum atomic E-state index is -1.59. The van der Waals surface area contributed by atoms with Gasteiger partial charge in [0.2, 0.25) is 0 Å². The molecule has 9 heteroatoms. The van der Waals surface area contributed by atoms with E-state index >= 15 is 26.3 Å². The third-order valence-electron chi connectivity index (χ3n) is 18.4. The zero-order chi connectivity index (χ0) is 63.5. The molecule has 0 saturated carbocycles. The van der Waals surface area contributed by atoms with Gasteiger partial charge >= 0.3 is 0 Å². The van der Waals surface area contributed by atoms with E-state index in [-0.39, 0.29) is 11.1 Å². The fourth-order valence-corrected chi connectivity index (χ4v) is 14.2. The maximum absolute atomic E-state index is 16.3. The highest BCUT2D eigenvalue weighted by atomic mass is 19.2. The number of halogens is 6. The summed E-state index contributed by atoms with van der Waals surface area (Å²) in [5.41, 5.74) is 12.6. The van der Waals surface area contributed by atoms with Crippen molar-refractivity contribution < 1.29 is 35.8 Å². The lowest BCUT2D eigenvalue weighted by molar-refractivity contribution is 0.443. The molecule has 450 valence electrons. The molecule has 0 N–H and O–H groups in total. The Morgan fingerprint density at radius 3 is 1.33 bits per heavy atom. The Kier molecular flexibility index (Phi) is 14.6. The second-order valence-electron chi connectivity index (χ2n) is 23.4. The summed E-state index contributed by atoms with van der Waals surface area (Å²) in [5, 5.41) is 0. The molecule has 2 unspecified atom stereocenters. The quantitative estimate of drug-likeness (QED) is 0.0754. The van der Waals surface area contributed by atoms with Gasteiger partial charge in [-0.1, -0.05) is 189 Å². The summed E-state index contributed by atoms with van der Waals surface area (Å²) in [6, 6.07) is 80.6.